The minimum Gasteiger partial charge on any atom is -0.494 e. The maximum atomic E-state index is 5.72. The number of rotatable bonds is 11. The van der Waals surface area contributed by atoms with E-state index in [0.717, 1.165) is 30.6 Å². The maximum Gasteiger partial charge on any atom is 0.119 e. The van der Waals surface area contributed by atoms with E-state index in [4.69, 9.17) is 9.47 Å². The third-order valence-electron chi connectivity index (χ3n) is 3.48. The van der Waals surface area contributed by atoms with Crippen molar-refractivity contribution in [2.45, 2.75) is 51.5 Å². The second kappa shape index (κ2) is 8.85. The van der Waals surface area contributed by atoms with Gasteiger partial charge in [-0.1, -0.05) is 12.8 Å². The molecule has 0 heterocycles. The zero-order valence-electron chi connectivity index (χ0n) is 12.6. The highest BCUT2D eigenvalue weighted by Gasteiger charge is 2.19. The van der Waals surface area contributed by atoms with E-state index in [1.807, 2.05) is 31.2 Å². The lowest BCUT2D eigenvalue weighted by Crippen LogP contribution is -2.17. The lowest BCUT2D eigenvalue weighted by atomic mass is 10.2. The van der Waals surface area contributed by atoms with Crippen molar-refractivity contribution >= 4 is 0 Å². The summed E-state index contributed by atoms with van der Waals surface area (Å²) < 4.78 is 11.1. The van der Waals surface area contributed by atoms with Gasteiger partial charge in [0.25, 0.3) is 0 Å². The lowest BCUT2D eigenvalue weighted by molar-refractivity contribution is 0.302. The molecule has 0 spiro atoms. The largest absolute Gasteiger partial charge is 0.494 e. The molecular formula is C17H27NO2. The predicted molar refractivity (Wildman–Crippen MR) is 82.6 cm³/mol. The van der Waals surface area contributed by atoms with Gasteiger partial charge >= 0.3 is 0 Å². The highest BCUT2D eigenvalue weighted by Crippen LogP contribution is 2.19. The molecule has 1 aromatic rings. The first-order valence-electron chi connectivity index (χ1n) is 7.97. The molecule has 0 saturated heterocycles. The molecule has 0 bridgehead atoms. The van der Waals surface area contributed by atoms with E-state index in [9.17, 15) is 0 Å². The van der Waals surface area contributed by atoms with Gasteiger partial charge in [0.2, 0.25) is 0 Å². The van der Waals surface area contributed by atoms with Crippen LogP contribution in [0.1, 0.15) is 45.4 Å². The van der Waals surface area contributed by atoms with Gasteiger partial charge in [-0.15, -0.1) is 0 Å². The number of unbranched alkanes of at least 4 members (excludes halogenated alkanes) is 3. The second-order valence-corrected chi connectivity index (χ2v) is 5.40. The van der Waals surface area contributed by atoms with Gasteiger partial charge in [-0.2, -0.15) is 0 Å². The Hall–Kier alpha value is -1.22. The summed E-state index contributed by atoms with van der Waals surface area (Å²) in [6, 6.07) is 8.72. The quantitative estimate of drug-likeness (QED) is 0.624. The highest BCUT2D eigenvalue weighted by atomic mass is 16.5. The average Bonchev–Trinajstić information content (AvgIpc) is 3.28. The molecule has 0 radical (unpaired) electrons. The van der Waals surface area contributed by atoms with E-state index in [-0.39, 0.29) is 0 Å². The number of benzene rings is 1. The summed E-state index contributed by atoms with van der Waals surface area (Å²) >= 11 is 0. The van der Waals surface area contributed by atoms with Crippen molar-refractivity contribution in [1.29, 1.82) is 0 Å². The van der Waals surface area contributed by atoms with E-state index >= 15 is 0 Å². The van der Waals surface area contributed by atoms with Gasteiger partial charge in [-0.25, -0.2) is 0 Å². The van der Waals surface area contributed by atoms with Gasteiger partial charge in [-0.3, -0.25) is 0 Å². The van der Waals surface area contributed by atoms with Crippen molar-refractivity contribution in [2.24, 2.45) is 0 Å². The molecule has 3 nitrogen and oxygen atoms in total. The Morgan fingerprint density at radius 1 is 0.950 bits per heavy atom. The van der Waals surface area contributed by atoms with Crippen LogP contribution in [0.25, 0.3) is 0 Å². The van der Waals surface area contributed by atoms with E-state index in [1.54, 1.807) is 0 Å². The normalized spacial score (nSPS) is 14.2. The first-order chi connectivity index (χ1) is 9.88. The number of hydrogen-bond donors (Lipinski definition) is 1. The van der Waals surface area contributed by atoms with Crippen molar-refractivity contribution in [3.8, 4) is 11.5 Å². The summed E-state index contributed by atoms with van der Waals surface area (Å²) in [5.41, 5.74) is 0. The Balaban J connectivity index is 1.45. The van der Waals surface area contributed by atoms with Gasteiger partial charge in [0.1, 0.15) is 11.5 Å². The van der Waals surface area contributed by atoms with Crippen LogP contribution in [0.4, 0.5) is 0 Å². The first-order valence-corrected chi connectivity index (χ1v) is 7.97. The molecule has 20 heavy (non-hydrogen) atoms. The van der Waals surface area contributed by atoms with Gasteiger partial charge < -0.3 is 14.8 Å². The average molecular weight is 277 g/mol. The van der Waals surface area contributed by atoms with Crippen LogP contribution in [0.15, 0.2) is 24.3 Å². The molecule has 1 aliphatic rings. The molecule has 1 aromatic carbocycles. The third kappa shape index (κ3) is 6.29. The molecule has 0 atom stereocenters. The minimum absolute atomic E-state index is 0.704. The fourth-order valence-electron chi connectivity index (χ4n) is 2.16. The van der Waals surface area contributed by atoms with Gasteiger partial charge in [0, 0.05) is 6.04 Å². The topological polar surface area (TPSA) is 30.5 Å². The van der Waals surface area contributed by atoms with Crippen LogP contribution >= 0.6 is 0 Å². The Bertz CT molecular complexity index is 360. The summed E-state index contributed by atoms with van der Waals surface area (Å²) in [5.74, 6) is 1.84. The maximum absolute atomic E-state index is 5.72. The van der Waals surface area contributed by atoms with Gasteiger partial charge in [-0.05, 0) is 63.4 Å². The van der Waals surface area contributed by atoms with Crippen LogP contribution in [-0.4, -0.2) is 25.8 Å². The summed E-state index contributed by atoms with van der Waals surface area (Å²) in [5, 5.41) is 3.55. The summed E-state index contributed by atoms with van der Waals surface area (Å²) in [6.07, 6.45) is 7.75. The molecule has 0 aromatic heterocycles. The molecule has 2 rings (SSSR count). The minimum atomic E-state index is 0.704. The van der Waals surface area contributed by atoms with Gasteiger partial charge in [0.15, 0.2) is 0 Å². The number of hydrogen-bond acceptors (Lipinski definition) is 3. The van der Waals surface area contributed by atoms with Crippen LogP contribution in [0.2, 0.25) is 0 Å². The number of ether oxygens (including phenoxy) is 2. The fraction of sp³-hybridized carbons (Fsp3) is 0.647. The van der Waals surface area contributed by atoms with Crippen molar-refractivity contribution in [3.05, 3.63) is 24.3 Å². The molecule has 1 fully saturated rings. The molecule has 0 aliphatic heterocycles. The first kappa shape index (κ1) is 15.2. The molecule has 3 heteroatoms. The van der Waals surface area contributed by atoms with E-state index in [1.165, 1.54) is 38.6 Å². The van der Waals surface area contributed by atoms with Crippen LogP contribution in [0.3, 0.4) is 0 Å². The Morgan fingerprint density at radius 2 is 1.60 bits per heavy atom. The predicted octanol–water partition coefficient (Wildman–Crippen LogP) is 3.78. The second-order valence-electron chi connectivity index (χ2n) is 5.40. The molecule has 112 valence electrons. The Morgan fingerprint density at radius 3 is 2.25 bits per heavy atom. The van der Waals surface area contributed by atoms with Crippen molar-refractivity contribution < 1.29 is 9.47 Å². The van der Waals surface area contributed by atoms with E-state index in [0.29, 0.717) is 6.61 Å². The molecular weight excluding hydrogens is 250 g/mol. The summed E-state index contributed by atoms with van der Waals surface area (Å²) in [6.45, 7) is 4.69. The molecule has 1 saturated carbocycles. The van der Waals surface area contributed by atoms with Crippen LogP contribution in [-0.2, 0) is 0 Å². The molecule has 1 aliphatic carbocycles. The highest BCUT2D eigenvalue weighted by molar-refractivity contribution is 5.31. The Kier molecular flexibility index (Phi) is 6.72. The zero-order chi connectivity index (χ0) is 14.0. The monoisotopic (exact) mass is 277 g/mol. The van der Waals surface area contributed by atoms with Crippen LogP contribution in [0.5, 0.6) is 11.5 Å². The standard InChI is InChI=1S/C17H27NO2/c1-2-19-16-9-11-17(12-10-16)20-14-6-4-3-5-13-18-15-7-8-15/h9-12,15,18H,2-8,13-14H2,1H3. The number of nitrogens with one attached hydrogen (secondary N) is 1. The van der Waals surface area contributed by atoms with Crippen molar-refractivity contribution in [1.82, 2.24) is 5.32 Å². The SMILES string of the molecule is CCOc1ccc(OCCCCCCNC2CC2)cc1. The summed E-state index contributed by atoms with van der Waals surface area (Å²) in [7, 11) is 0. The molecule has 1 N–H and O–H groups in total. The van der Waals surface area contributed by atoms with Crippen molar-refractivity contribution in [2.75, 3.05) is 19.8 Å². The molecule has 0 amide bonds. The zero-order valence-corrected chi connectivity index (χ0v) is 12.6. The van der Waals surface area contributed by atoms with Crippen LogP contribution in [0, 0.1) is 0 Å². The Labute approximate surface area is 122 Å². The van der Waals surface area contributed by atoms with Crippen LogP contribution < -0.4 is 14.8 Å². The molecule has 0 unspecified atom stereocenters. The summed E-state index contributed by atoms with van der Waals surface area (Å²) in [4.78, 5) is 0. The van der Waals surface area contributed by atoms with E-state index < -0.39 is 0 Å². The van der Waals surface area contributed by atoms with Crippen molar-refractivity contribution in [3.63, 3.8) is 0 Å². The third-order valence-corrected chi connectivity index (χ3v) is 3.48. The van der Waals surface area contributed by atoms with Gasteiger partial charge in [0.05, 0.1) is 13.2 Å². The van der Waals surface area contributed by atoms with E-state index in [2.05, 4.69) is 5.32 Å². The smallest absolute Gasteiger partial charge is 0.119 e. The fourth-order valence-corrected chi connectivity index (χ4v) is 2.16. The lowest BCUT2D eigenvalue weighted by Gasteiger charge is -2.08.